The van der Waals surface area contributed by atoms with E-state index in [-0.39, 0.29) is 17.8 Å². The molecule has 0 spiro atoms. The summed E-state index contributed by atoms with van der Waals surface area (Å²) in [6.45, 7) is 3.65. The number of carbonyl (C=O) groups is 1. The van der Waals surface area contributed by atoms with Crippen molar-refractivity contribution >= 4 is 27.5 Å². The lowest BCUT2D eigenvalue weighted by Crippen LogP contribution is -2.39. The second-order valence-electron chi connectivity index (χ2n) is 6.72. The third kappa shape index (κ3) is 3.24. The Morgan fingerprint density at radius 2 is 2.00 bits per heavy atom. The predicted octanol–water partition coefficient (Wildman–Crippen LogP) is 3.19. The number of aryl methyl sites for hydroxylation is 1. The molecule has 0 unspecified atom stereocenters. The Hall–Kier alpha value is -2.25. The number of aliphatic hydroxyl groups is 1. The second kappa shape index (κ2) is 6.81. The van der Waals surface area contributed by atoms with Crippen LogP contribution in [0.25, 0.3) is 10.2 Å². The SMILES string of the molecule is Cc1nn(Cc2ccc(F)cc2)c2sc(C(=O)N3CCC(O)CC3)cc12. The number of nitrogens with zero attached hydrogens (tertiary/aromatic N) is 3. The number of hydrogen-bond acceptors (Lipinski definition) is 4. The van der Waals surface area contributed by atoms with Gasteiger partial charge in [-0.1, -0.05) is 12.1 Å². The zero-order valence-electron chi connectivity index (χ0n) is 14.5. The molecule has 0 radical (unpaired) electrons. The summed E-state index contributed by atoms with van der Waals surface area (Å²) in [5.74, 6) is -0.239. The van der Waals surface area contributed by atoms with Gasteiger partial charge in [0, 0.05) is 18.5 Å². The van der Waals surface area contributed by atoms with Gasteiger partial charge in [-0.05, 0) is 43.5 Å². The van der Waals surface area contributed by atoms with E-state index in [1.165, 1.54) is 23.5 Å². The van der Waals surface area contributed by atoms with E-state index in [0.29, 0.717) is 37.4 Å². The fraction of sp³-hybridized carbons (Fsp3) is 0.368. The highest BCUT2D eigenvalue weighted by Gasteiger charge is 2.25. The van der Waals surface area contributed by atoms with Crippen LogP contribution in [0.4, 0.5) is 4.39 Å². The number of amides is 1. The van der Waals surface area contributed by atoms with E-state index in [1.54, 1.807) is 12.1 Å². The minimum atomic E-state index is -0.298. The van der Waals surface area contributed by atoms with Crippen molar-refractivity contribution in [2.75, 3.05) is 13.1 Å². The number of aliphatic hydroxyl groups excluding tert-OH is 1. The zero-order chi connectivity index (χ0) is 18.3. The van der Waals surface area contributed by atoms with Crippen LogP contribution in [0, 0.1) is 12.7 Å². The lowest BCUT2D eigenvalue weighted by atomic mass is 10.1. The van der Waals surface area contributed by atoms with Crippen molar-refractivity contribution in [2.45, 2.75) is 32.4 Å². The van der Waals surface area contributed by atoms with Gasteiger partial charge in [-0.15, -0.1) is 11.3 Å². The molecule has 1 aliphatic rings. The molecule has 0 atom stereocenters. The molecule has 3 heterocycles. The molecule has 0 saturated carbocycles. The van der Waals surface area contributed by atoms with E-state index in [9.17, 15) is 14.3 Å². The predicted molar refractivity (Wildman–Crippen MR) is 99.0 cm³/mol. The first-order chi connectivity index (χ1) is 12.5. The maximum Gasteiger partial charge on any atom is 0.264 e. The van der Waals surface area contributed by atoms with Gasteiger partial charge < -0.3 is 10.0 Å². The van der Waals surface area contributed by atoms with E-state index in [2.05, 4.69) is 5.10 Å². The van der Waals surface area contributed by atoms with Crippen LogP contribution >= 0.6 is 11.3 Å². The molecule has 7 heteroatoms. The van der Waals surface area contributed by atoms with Crippen molar-refractivity contribution in [1.82, 2.24) is 14.7 Å². The van der Waals surface area contributed by atoms with Gasteiger partial charge in [-0.25, -0.2) is 4.39 Å². The third-order valence-corrected chi connectivity index (χ3v) is 5.95. The number of thiophene rings is 1. The number of carbonyl (C=O) groups excluding carboxylic acids is 1. The Kier molecular flexibility index (Phi) is 4.50. The summed E-state index contributed by atoms with van der Waals surface area (Å²) < 4.78 is 15.0. The maximum atomic E-state index is 13.1. The normalized spacial score (nSPS) is 15.7. The summed E-state index contributed by atoms with van der Waals surface area (Å²) in [4.78, 5) is 16.2. The minimum absolute atomic E-state index is 0.0193. The fourth-order valence-corrected chi connectivity index (χ4v) is 4.44. The number of halogens is 1. The Morgan fingerprint density at radius 3 is 2.69 bits per heavy atom. The molecule has 1 amide bonds. The average molecular weight is 373 g/mol. The number of piperidine rings is 1. The quantitative estimate of drug-likeness (QED) is 0.767. The highest BCUT2D eigenvalue weighted by molar-refractivity contribution is 7.20. The maximum absolute atomic E-state index is 13.1. The Bertz CT molecular complexity index is 940. The van der Waals surface area contributed by atoms with Crippen LogP contribution < -0.4 is 0 Å². The van der Waals surface area contributed by atoms with Crippen molar-refractivity contribution in [3.8, 4) is 0 Å². The molecule has 136 valence electrons. The first-order valence-corrected chi connectivity index (χ1v) is 9.51. The van der Waals surface area contributed by atoms with Gasteiger partial charge in [0.25, 0.3) is 5.91 Å². The number of rotatable bonds is 3. The summed E-state index contributed by atoms with van der Waals surface area (Å²) in [7, 11) is 0. The Morgan fingerprint density at radius 1 is 1.31 bits per heavy atom. The molecule has 1 saturated heterocycles. The van der Waals surface area contributed by atoms with Crippen molar-refractivity contribution in [1.29, 1.82) is 0 Å². The number of likely N-dealkylation sites (tertiary alicyclic amines) is 1. The van der Waals surface area contributed by atoms with Gasteiger partial charge in [-0.2, -0.15) is 5.10 Å². The molecule has 4 rings (SSSR count). The van der Waals surface area contributed by atoms with Crippen molar-refractivity contribution < 1.29 is 14.3 Å². The fourth-order valence-electron chi connectivity index (χ4n) is 3.31. The smallest absolute Gasteiger partial charge is 0.264 e. The van der Waals surface area contributed by atoms with E-state index in [4.69, 9.17) is 0 Å². The van der Waals surface area contributed by atoms with E-state index in [0.717, 1.165) is 21.5 Å². The number of aromatic nitrogens is 2. The molecular weight excluding hydrogens is 353 g/mol. The average Bonchev–Trinajstić information content (AvgIpc) is 3.19. The summed E-state index contributed by atoms with van der Waals surface area (Å²) >= 11 is 1.44. The molecule has 5 nitrogen and oxygen atoms in total. The Labute approximate surface area is 154 Å². The van der Waals surface area contributed by atoms with Crippen LogP contribution in [0.5, 0.6) is 0 Å². The molecule has 1 N–H and O–H groups in total. The Balaban J connectivity index is 1.61. The molecular formula is C19H20FN3O2S. The van der Waals surface area contributed by atoms with Gasteiger partial charge in [0.05, 0.1) is 23.2 Å². The first-order valence-electron chi connectivity index (χ1n) is 8.70. The molecule has 0 bridgehead atoms. The van der Waals surface area contributed by atoms with Crippen molar-refractivity contribution in [3.05, 3.63) is 52.3 Å². The molecule has 1 fully saturated rings. The lowest BCUT2D eigenvalue weighted by molar-refractivity contribution is 0.0551. The highest BCUT2D eigenvalue weighted by Crippen LogP contribution is 2.30. The number of hydrogen-bond donors (Lipinski definition) is 1. The molecule has 1 aromatic carbocycles. The third-order valence-electron chi connectivity index (χ3n) is 4.82. The first kappa shape index (κ1) is 17.2. The summed E-state index contributed by atoms with van der Waals surface area (Å²) in [6.07, 6.45) is 0.968. The van der Waals surface area contributed by atoms with Crippen LogP contribution in [0.15, 0.2) is 30.3 Å². The number of benzene rings is 1. The van der Waals surface area contributed by atoms with E-state index < -0.39 is 0 Å². The summed E-state index contributed by atoms with van der Waals surface area (Å²) in [5, 5.41) is 15.2. The van der Waals surface area contributed by atoms with Gasteiger partial charge in [0.15, 0.2) is 0 Å². The monoisotopic (exact) mass is 373 g/mol. The molecule has 0 aliphatic carbocycles. The van der Waals surface area contributed by atoms with E-state index >= 15 is 0 Å². The number of fused-ring (bicyclic) bond motifs is 1. The van der Waals surface area contributed by atoms with Gasteiger partial charge in [0.2, 0.25) is 0 Å². The summed E-state index contributed by atoms with van der Waals surface area (Å²) in [6, 6.07) is 8.29. The topological polar surface area (TPSA) is 58.4 Å². The van der Waals surface area contributed by atoms with Crippen LogP contribution in [0.1, 0.15) is 33.8 Å². The standard InChI is InChI=1S/C19H20FN3O2S/c1-12-16-10-17(18(25)22-8-6-15(24)7-9-22)26-19(16)23(21-12)11-13-2-4-14(20)5-3-13/h2-5,10,15,24H,6-9,11H2,1H3. The second-order valence-corrected chi connectivity index (χ2v) is 7.75. The zero-order valence-corrected chi connectivity index (χ0v) is 15.3. The van der Waals surface area contributed by atoms with Gasteiger partial charge in [0.1, 0.15) is 10.6 Å². The highest BCUT2D eigenvalue weighted by atomic mass is 32.1. The molecule has 3 aromatic rings. The minimum Gasteiger partial charge on any atom is -0.393 e. The van der Waals surface area contributed by atoms with Gasteiger partial charge in [-0.3, -0.25) is 9.48 Å². The molecule has 26 heavy (non-hydrogen) atoms. The van der Waals surface area contributed by atoms with Crippen LogP contribution in [0.3, 0.4) is 0 Å². The van der Waals surface area contributed by atoms with E-state index in [1.807, 2.05) is 22.6 Å². The lowest BCUT2D eigenvalue weighted by Gasteiger charge is -2.29. The largest absolute Gasteiger partial charge is 0.393 e. The van der Waals surface area contributed by atoms with Crippen molar-refractivity contribution in [3.63, 3.8) is 0 Å². The van der Waals surface area contributed by atoms with Crippen LogP contribution in [-0.4, -0.2) is 44.9 Å². The van der Waals surface area contributed by atoms with Crippen molar-refractivity contribution in [2.24, 2.45) is 0 Å². The molecule has 1 aliphatic heterocycles. The van der Waals surface area contributed by atoms with Crippen LogP contribution in [0.2, 0.25) is 0 Å². The molecule has 2 aromatic heterocycles. The summed E-state index contributed by atoms with van der Waals surface area (Å²) in [5.41, 5.74) is 1.84. The van der Waals surface area contributed by atoms with Gasteiger partial charge >= 0.3 is 0 Å². The van der Waals surface area contributed by atoms with Crippen LogP contribution in [-0.2, 0) is 6.54 Å².